The third-order valence-electron chi connectivity index (χ3n) is 4.41. The third kappa shape index (κ3) is 3.71. The maximum absolute atomic E-state index is 13.0. The van der Waals surface area contributed by atoms with Gasteiger partial charge < -0.3 is 14.5 Å². The molecule has 28 heavy (non-hydrogen) atoms. The van der Waals surface area contributed by atoms with Crippen molar-refractivity contribution in [1.82, 2.24) is 9.38 Å². The van der Waals surface area contributed by atoms with Crippen LogP contribution in [0.4, 0.5) is 10.1 Å². The summed E-state index contributed by atoms with van der Waals surface area (Å²) in [7, 11) is 1.55. The molecule has 0 saturated heterocycles. The number of nitrogens with zero attached hydrogens (tertiary/aromatic N) is 2. The van der Waals surface area contributed by atoms with Gasteiger partial charge in [0.15, 0.2) is 0 Å². The van der Waals surface area contributed by atoms with Gasteiger partial charge in [0.2, 0.25) is 5.91 Å². The molecule has 0 aliphatic carbocycles. The zero-order valence-electron chi connectivity index (χ0n) is 15.2. The smallest absolute Gasteiger partial charge is 0.228 e. The van der Waals surface area contributed by atoms with E-state index in [1.165, 1.54) is 12.1 Å². The molecule has 0 spiro atoms. The highest BCUT2D eigenvalue weighted by Crippen LogP contribution is 2.30. The lowest BCUT2D eigenvalue weighted by atomic mass is 10.1. The quantitative estimate of drug-likeness (QED) is 0.565. The van der Waals surface area contributed by atoms with Gasteiger partial charge >= 0.3 is 0 Å². The summed E-state index contributed by atoms with van der Waals surface area (Å²) in [6.07, 6.45) is 4.00. The number of hydrogen-bond acceptors (Lipinski definition) is 3. The predicted octanol–water partition coefficient (Wildman–Crippen LogP) is 4.33. The number of rotatable bonds is 5. The fourth-order valence-electron chi connectivity index (χ4n) is 3.02. The normalized spacial score (nSPS) is 10.8. The molecule has 140 valence electrons. The number of methoxy groups -OCH3 is 1. The van der Waals surface area contributed by atoms with Crippen LogP contribution in [0.3, 0.4) is 0 Å². The minimum atomic E-state index is -0.328. The average Bonchev–Trinajstić information content (AvgIpc) is 3.14. The Hall–Kier alpha value is -3.67. The molecule has 0 aliphatic rings. The summed E-state index contributed by atoms with van der Waals surface area (Å²) >= 11 is 0. The Bertz CT molecular complexity index is 1100. The number of carbonyl (C=O) groups excluding carboxylic acids is 1. The van der Waals surface area contributed by atoms with Crippen LogP contribution in [-0.2, 0) is 11.2 Å². The fraction of sp³-hybridized carbons (Fsp3) is 0.0909. The number of pyridine rings is 1. The minimum absolute atomic E-state index is 0.141. The summed E-state index contributed by atoms with van der Waals surface area (Å²) < 4.78 is 20.3. The van der Waals surface area contributed by atoms with E-state index in [1.807, 2.05) is 47.1 Å². The number of halogens is 1. The number of amides is 1. The summed E-state index contributed by atoms with van der Waals surface area (Å²) in [5, 5.41) is 2.88. The topological polar surface area (TPSA) is 55.6 Å². The molecule has 6 heteroatoms. The zero-order chi connectivity index (χ0) is 19.5. The van der Waals surface area contributed by atoms with Gasteiger partial charge in [0.05, 0.1) is 24.9 Å². The Morgan fingerprint density at radius 1 is 1.14 bits per heavy atom. The van der Waals surface area contributed by atoms with Gasteiger partial charge in [0, 0.05) is 18.0 Å². The lowest BCUT2D eigenvalue weighted by Gasteiger charge is -2.11. The summed E-state index contributed by atoms with van der Waals surface area (Å²) in [6.45, 7) is 0. The van der Waals surface area contributed by atoms with E-state index in [1.54, 1.807) is 25.3 Å². The second-order valence-electron chi connectivity index (χ2n) is 6.36. The summed E-state index contributed by atoms with van der Waals surface area (Å²) in [4.78, 5) is 17.1. The van der Waals surface area contributed by atoms with Gasteiger partial charge in [-0.25, -0.2) is 9.37 Å². The van der Waals surface area contributed by atoms with Crippen LogP contribution in [0.5, 0.6) is 5.75 Å². The van der Waals surface area contributed by atoms with E-state index in [9.17, 15) is 9.18 Å². The molecule has 0 unspecified atom stereocenters. The maximum atomic E-state index is 13.0. The lowest BCUT2D eigenvalue weighted by Crippen LogP contribution is -2.15. The molecule has 2 heterocycles. The molecule has 5 nitrogen and oxygen atoms in total. The Morgan fingerprint density at radius 2 is 1.96 bits per heavy atom. The highest BCUT2D eigenvalue weighted by atomic mass is 19.1. The summed E-state index contributed by atoms with van der Waals surface area (Å²) in [5.74, 6) is 0.0167. The first-order valence-electron chi connectivity index (χ1n) is 8.79. The van der Waals surface area contributed by atoms with Gasteiger partial charge in [-0.3, -0.25) is 4.79 Å². The number of hydrogen-bond donors (Lipinski definition) is 1. The van der Waals surface area contributed by atoms with Crippen molar-refractivity contribution in [2.24, 2.45) is 0 Å². The van der Waals surface area contributed by atoms with Crippen LogP contribution in [0.15, 0.2) is 73.1 Å². The average molecular weight is 375 g/mol. The minimum Gasteiger partial charge on any atom is -0.495 e. The highest BCUT2D eigenvalue weighted by molar-refractivity contribution is 5.94. The largest absolute Gasteiger partial charge is 0.495 e. The van der Waals surface area contributed by atoms with Gasteiger partial charge in [-0.1, -0.05) is 18.2 Å². The molecule has 4 rings (SSSR count). The van der Waals surface area contributed by atoms with Crippen molar-refractivity contribution in [3.63, 3.8) is 0 Å². The van der Waals surface area contributed by atoms with Crippen molar-refractivity contribution in [2.45, 2.75) is 6.42 Å². The second-order valence-corrected chi connectivity index (χ2v) is 6.36. The first kappa shape index (κ1) is 17.7. The number of fused-ring (bicyclic) bond motifs is 1. The molecule has 0 radical (unpaired) electrons. The molecule has 0 bridgehead atoms. The van der Waals surface area contributed by atoms with Crippen molar-refractivity contribution in [1.29, 1.82) is 0 Å². The molecule has 2 aromatic heterocycles. The van der Waals surface area contributed by atoms with E-state index in [0.29, 0.717) is 11.4 Å². The number of aromatic nitrogens is 2. The van der Waals surface area contributed by atoms with Crippen LogP contribution in [-0.4, -0.2) is 22.4 Å². The Balaban J connectivity index is 1.59. The van der Waals surface area contributed by atoms with Crippen LogP contribution in [0.25, 0.3) is 16.9 Å². The zero-order valence-corrected chi connectivity index (χ0v) is 15.2. The molecule has 1 N–H and O–H groups in total. The predicted molar refractivity (Wildman–Crippen MR) is 106 cm³/mol. The fourth-order valence-corrected chi connectivity index (χ4v) is 3.02. The van der Waals surface area contributed by atoms with E-state index in [2.05, 4.69) is 10.3 Å². The highest BCUT2D eigenvalue weighted by Gasteiger charge is 2.12. The van der Waals surface area contributed by atoms with Crippen LogP contribution in [0.2, 0.25) is 0 Å². The number of benzene rings is 2. The van der Waals surface area contributed by atoms with E-state index in [-0.39, 0.29) is 18.1 Å². The molecular weight excluding hydrogens is 357 g/mol. The first-order valence-corrected chi connectivity index (χ1v) is 8.79. The lowest BCUT2D eigenvalue weighted by molar-refractivity contribution is -0.115. The van der Waals surface area contributed by atoms with E-state index in [4.69, 9.17) is 4.74 Å². The number of anilines is 1. The van der Waals surface area contributed by atoms with Crippen molar-refractivity contribution in [3.05, 3.63) is 84.4 Å². The SMILES string of the molecule is COc1ccc(-c2cn3ccccc3n2)cc1NC(=O)Cc1ccc(F)cc1. The van der Waals surface area contributed by atoms with Gasteiger partial charge in [-0.2, -0.15) is 0 Å². The van der Waals surface area contributed by atoms with Crippen molar-refractivity contribution in [3.8, 4) is 17.0 Å². The third-order valence-corrected chi connectivity index (χ3v) is 4.41. The van der Waals surface area contributed by atoms with E-state index < -0.39 is 0 Å². The molecule has 0 saturated carbocycles. The van der Waals surface area contributed by atoms with E-state index in [0.717, 1.165) is 22.5 Å². The second kappa shape index (κ2) is 7.52. The van der Waals surface area contributed by atoms with E-state index >= 15 is 0 Å². The maximum Gasteiger partial charge on any atom is 0.228 e. The summed E-state index contributed by atoms with van der Waals surface area (Å²) in [5.41, 5.74) is 3.79. The molecule has 2 aromatic carbocycles. The number of carbonyl (C=O) groups is 1. The number of nitrogens with one attached hydrogen (secondary N) is 1. The van der Waals surface area contributed by atoms with Crippen LogP contribution in [0.1, 0.15) is 5.56 Å². The molecule has 0 fully saturated rings. The number of ether oxygens (including phenoxy) is 1. The van der Waals surface area contributed by atoms with Crippen molar-refractivity contribution < 1.29 is 13.9 Å². The van der Waals surface area contributed by atoms with Crippen molar-refractivity contribution >= 4 is 17.2 Å². The molecule has 0 aliphatic heterocycles. The van der Waals surface area contributed by atoms with Crippen molar-refractivity contribution in [2.75, 3.05) is 12.4 Å². The van der Waals surface area contributed by atoms with Crippen LogP contribution in [0, 0.1) is 5.82 Å². The van der Waals surface area contributed by atoms with Gasteiger partial charge in [0.25, 0.3) is 0 Å². The number of imidazole rings is 1. The van der Waals surface area contributed by atoms with Gasteiger partial charge in [-0.05, 0) is 48.0 Å². The van der Waals surface area contributed by atoms with Crippen LogP contribution >= 0.6 is 0 Å². The Kier molecular flexibility index (Phi) is 4.76. The Morgan fingerprint density at radius 3 is 2.71 bits per heavy atom. The van der Waals surface area contributed by atoms with Gasteiger partial charge in [-0.15, -0.1) is 0 Å². The Labute approximate surface area is 161 Å². The monoisotopic (exact) mass is 375 g/mol. The molecule has 1 amide bonds. The molecule has 4 aromatic rings. The first-order chi connectivity index (χ1) is 13.6. The summed E-state index contributed by atoms with van der Waals surface area (Å²) in [6, 6.07) is 17.2. The van der Waals surface area contributed by atoms with Crippen LogP contribution < -0.4 is 10.1 Å². The van der Waals surface area contributed by atoms with Gasteiger partial charge in [0.1, 0.15) is 17.2 Å². The molecule has 0 atom stereocenters. The molecular formula is C22H18FN3O2. The standard InChI is InChI=1S/C22H18FN3O2/c1-28-20-10-7-16(19-14-26-11-3-2-4-21(26)24-19)13-18(20)25-22(27)12-15-5-8-17(23)9-6-15/h2-11,13-14H,12H2,1H3,(H,25,27).